The Balaban J connectivity index is 1.59. The summed E-state index contributed by atoms with van der Waals surface area (Å²) < 4.78 is 5.43. The first-order valence-electron chi connectivity index (χ1n) is 8.66. The van der Waals surface area contributed by atoms with Gasteiger partial charge in [0.05, 0.1) is 7.11 Å². The Labute approximate surface area is 157 Å². The zero-order valence-electron chi connectivity index (χ0n) is 14.5. The fourth-order valence-electron chi connectivity index (χ4n) is 2.77. The second-order valence-electron chi connectivity index (χ2n) is 6.29. The number of pyridine rings is 1. The summed E-state index contributed by atoms with van der Waals surface area (Å²) in [4.78, 5) is 18.4. The standard InChI is InChI=1S/C22H19NO2S/c1-25-22-19(15-5-3-2-4-6-15)13-14-20(23-22)21(24)16-7-9-17(10-8-16)26-18-11-12-18/h2-10,13-14,18H,11-12H2,1H3. The maximum absolute atomic E-state index is 12.8. The molecule has 0 radical (unpaired) electrons. The van der Waals surface area contributed by atoms with E-state index >= 15 is 0 Å². The fraction of sp³-hybridized carbons (Fsp3) is 0.182. The molecule has 1 aliphatic carbocycles. The first-order valence-corrected chi connectivity index (χ1v) is 9.54. The number of benzene rings is 2. The van der Waals surface area contributed by atoms with Gasteiger partial charge in [0.25, 0.3) is 0 Å². The van der Waals surface area contributed by atoms with E-state index < -0.39 is 0 Å². The van der Waals surface area contributed by atoms with Crippen LogP contribution in [-0.2, 0) is 0 Å². The lowest BCUT2D eigenvalue weighted by molar-refractivity contribution is 0.103. The summed E-state index contributed by atoms with van der Waals surface area (Å²) in [5.74, 6) is 0.369. The number of hydrogen-bond acceptors (Lipinski definition) is 4. The van der Waals surface area contributed by atoms with Gasteiger partial charge in [0.1, 0.15) is 5.69 Å². The third-order valence-electron chi connectivity index (χ3n) is 4.31. The van der Waals surface area contributed by atoms with Crippen molar-refractivity contribution in [1.82, 2.24) is 4.98 Å². The molecule has 0 atom stereocenters. The van der Waals surface area contributed by atoms with E-state index in [1.54, 1.807) is 13.2 Å². The second kappa shape index (κ2) is 7.34. The number of hydrogen-bond donors (Lipinski definition) is 0. The quantitative estimate of drug-likeness (QED) is 0.563. The zero-order chi connectivity index (χ0) is 17.9. The first kappa shape index (κ1) is 16.9. The van der Waals surface area contributed by atoms with Crippen molar-refractivity contribution in [3.05, 3.63) is 78.0 Å². The highest BCUT2D eigenvalue weighted by Gasteiger charge is 2.22. The van der Waals surface area contributed by atoms with Crippen molar-refractivity contribution in [1.29, 1.82) is 0 Å². The van der Waals surface area contributed by atoms with E-state index in [1.807, 2.05) is 72.4 Å². The Morgan fingerprint density at radius 3 is 2.38 bits per heavy atom. The van der Waals surface area contributed by atoms with E-state index in [0.29, 0.717) is 17.1 Å². The molecule has 0 amide bonds. The molecule has 3 aromatic rings. The molecule has 1 heterocycles. The third kappa shape index (κ3) is 3.65. The van der Waals surface area contributed by atoms with Crippen molar-refractivity contribution < 1.29 is 9.53 Å². The highest BCUT2D eigenvalue weighted by atomic mass is 32.2. The second-order valence-corrected chi connectivity index (χ2v) is 7.66. The molecule has 3 nitrogen and oxygen atoms in total. The van der Waals surface area contributed by atoms with Crippen molar-refractivity contribution in [2.45, 2.75) is 23.0 Å². The first-order chi connectivity index (χ1) is 12.7. The third-order valence-corrected chi connectivity index (χ3v) is 5.66. The Morgan fingerprint density at radius 1 is 1.00 bits per heavy atom. The van der Waals surface area contributed by atoms with Crippen molar-refractivity contribution >= 4 is 17.5 Å². The van der Waals surface area contributed by atoms with Crippen LogP contribution in [0.25, 0.3) is 11.1 Å². The molecule has 1 aromatic heterocycles. The topological polar surface area (TPSA) is 39.2 Å². The lowest BCUT2D eigenvalue weighted by Gasteiger charge is -2.10. The van der Waals surface area contributed by atoms with Crippen LogP contribution in [0.5, 0.6) is 5.88 Å². The average Bonchev–Trinajstić information content (AvgIpc) is 3.52. The van der Waals surface area contributed by atoms with Crippen LogP contribution in [0.3, 0.4) is 0 Å². The number of rotatable bonds is 6. The molecule has 26 heavy (non-hydrogen) atoms. The molecular weight excluding hydrogens is 342 g/mol. The zero-order valence-corrected chi connectivity index (χ0v) is 15.3. The number of thioether (sulfide) groups is 1. The Hall–Kier alpha value is -2.59. The predicted octanol–water partition coefficient (Wildman–Crippen LogP) is 5.24. The van der Waals surface area contributed by atoms with Gasteiger partial charge in [0.2, 0.25) is 11.7 Å². The number of ether oxygens (including phenoxy) is 1. The fourth-order valence-corrected chi connectivity index (χ4v) is 3.82. The maximum Gasteiger partial charge on any atom is 0.221 e. The molecule has 1 fully saturated rings. The molecule has 4 heteroatoms. The van der Waals surface area contributed by atoms with Gasteiger partial charge in [-0.25, -0.2) is 4.98 Å². The molecule has 0 unspecified atom stereocenters. The van der Waals surface area contributed by atoms with E-state index in [1.165, 1.54) is 17.7 Å². The smallest absolute Gasteiger partial charge is 0.221 e. The molecule has 0 saturated heterocycles. The molecule has 0 aliphatic heterocycles. The minimum atomic E-state index is -0.0918. The van der Waals surface area contributed by atoms with Gasteiger partial charge in [-0.15, -0.1) is 11.8 Å². The van der Waals surface area contributed by atoms with Crippen LogP contribution in [0.4, 0.5) is 0 Å². The van der Waals surface area contributed by atoms with E-state index in [4.69, 9.17) is 4.74 Å². The van der Waals surface area contributed by atoms with Crippen LogP contribution in [0.1, 0.15) is 28.9 Å². The summed E-state index contributed by atoms with van der Waals surface area (Å²) in [6.07, 6.45) is 2.59. The number of ketones is 1. The van der Waals surface area contributed by atoms with Gasteiger partial charge in [-0.05, 0) is 54.8 Å². The largest absolute Gasteiger partial charge is 0.481 e. The van der Waals surface area contributed by atoms with E-state index in [-0.39, 0.29) is 5.78 Å². The Morgan fingerprint density at radius 2 is 1.73 bits per heavy atom. The Bertz CT molecular complexity index is 919. The molecule has 1 aliphatic rings. The summed E-state index contributed by atoms with van der Waals surface area (Å²) in [6.45, 7) is 0. The van der Waals surface area contributed by atoms with Crippen LogP contribution in [-0.4, -0.2) is 23.1 Å². The van der Waals surface area contributed by atoms with Crippen LogP contribution < -0.4 is 4.74 Å². The molecule has 0 bridgehead atoms. The number of carbonyl (C=O) groups is 1. The van der Waals surface area contributed by atoms with Gasteiger partial charge < -0.3 is 4.74 Å². The summed E-state index contributed by atoms with van der Waals surface area (Å²) in [5.41, 5.74) is 2.93. The molecular formula is C22H19NO2S. The number of methoxy groups -OCH3 is 1. The maximum atomic E-state index is 12.8. The molecule has 130 valence electrons. The SMILES string of the molecule is COc1nc(C(=O)c2ccc(SC3CC3)cc2)ccc1-c1ccccc1. The lowest BCUT2D eigenvalue weighted by Crippen LogP contribution is -2.05. The number of carbonyl (C=O) groups excluding carboxylic acids is 1. The lowest BCUT2D eigenvalue weighted by atomic mass is 10.0. The molecule has 4 rings (SSSR count). The van der Waals surface area contributed by atoms with Crippen molar-refractivity contribution in [2.24, 2.45) is 0 Å². The molecule has 2 aromatic carbocycles. The van der Waals surface area contributed by atoms with E-state index in [0.717, 1.165) is 16.4 Å². The molecule has 0 spiro atoms. The normalized spacial score (nSPS) is 13.4. The van der Waals surface area contributed by atoms with Crippen molar-refractivity contribution in [3.63, 3.8) is 0 Å². The summed E-state index contributed by atoms with van der Waals surface area (Å²) in [6, 6.07) is 21.4. The highest BCUT2D eigenvalue weighted by molar-refractivity contribution is 8.00. The van der Waals surface area contributed by atoms with Gasteiger partial charge >= 0.3 is 0 Å². The van der Waals surface area contributed by atoms with E-state index in [9.17, 15) is 4.79 Å². The van der Waals surface area contributed by atoms with Crippen LogP contribution >= 0.6 is 11.8 Å². The molecule has 0 N–H and O–H groups in total. The van der Waals surface area contributed by atoms with Gasteiger partial charge in [-0.2, -0.15) is 0 Å². The van der Waals surface area contributed by atoms with Crippen LogP contribution in [0.15, 0.2) is 71.6 Å². The van der Waals surface area contributed by atoms with E-state index in [2.05, 4.69) is 4.98 Å². The predicted molar refractivity (Wildman–Crippen MR) is 105 cm³/mol. The van der Waals surface area contributed by atoms with Crippen molar-refractivity contribution in [3.8, 4) is 17.0 Å². The van der Waals surface area contributed by atoms with Crippen molar-refractivity contribution in [2.75, 3.05) is 7.11 Å². The number of aromatic nitrogens is 1. The minimum Gasteiger partial charge on any atom is -0.481 e. The van der Waals surface area contributed by atoms with Gasteiger partial charge in [-0.3, -0.25) is 4.79 Å². The Kier molecular flexibility index (Phi) is 4.76. The summed E-state index contributed by atoms with van der Waals surface area (Å²) in [5, 5.41) is 0.757. The van der Waals surface area contributed by atoms with Gasteiger partial charge in [0.15, 0.2) is 0 Å². The van der Waals surface area contributed by atoms with Gasteiger partial charge in [0, 0.05) is 21.3 Å². The van der Waals surface area contributed by atoms with Gasteiger partial charge in [-0.1, -0.05) is 30.3 Å². The molecule has 1 saturated carbocycles. The average molecular weight is 361 g/mol. The monoisotopic (exact) mass is 361 g/mol. The highest BCUT2D eigenvalue weighted by Crippen LogP contribution is 2.39. The van der Waals surface area contributed by atoms with Crippen LogP contribution in [0.2, 0.25) is 0 Å². The number of nitrogens with zero attached hydrogens (tertiary/aromatic N) is 1. The summed E-state index contributed by atoms with van der Waals surface area (Å²) in [7, 11) is 1.58. The summed E-state index contributed by atoms with van der Waals surface area (Å²) >= 11 is 1.88. The minimum absolute atomic E-state index is 0.0918. The van der Waals surface area contributed by atoms with Crippen LogP contribution in [0, 0.1) is 0 Å².